The number of imidazole rings is 1. The van der Waals surface area contributed by atoms with Gasteiger partial charge >= 0.3 is 5.69 Å². The third-order valence-electron chi connectivity index (χ3n) is 5.02. The number of benzene rings is 1. The van der Waals surface area contributed by atoms with E-state index in [-0.39, 0.29) is 5.69 Å². The van der Waals surface area contributed by atoms with Crippen LogP contribution in [-0.2, 0) is 0 Å². The first-order valence-corrected chi connectivity index (χ1v) is 10.1. The number of rotatable bonds is 6. The molecule has 3 aromatic heterocycles. The van der Waals surface area contributed by atoms with Crippen molar-refractivity contribution in [2.45, 2.75) is 12.8 Å². The molecule has 1 fully saturated rings. The van der Waals surface area contributed by atoms with E-state index in [1.54, 1.807) is 10.7 Å². The summed E-state index contributed by atoms with van der Waals surface area (Å²) in [5, 5.41) is 13.1. The van der Waals surface area contributed by atoms with Crippen LogP contribution in [0.1, 0.15) is 18.4 Å². The zero-order valence-electron chi connectivity index (χ0n) is 16.1. The number of anilines is 3. The molecule has 1 aromatic carbocycles. The van der Waals surface area contributed by atoms with Gasteiger partial charge in [-0.1, -0.05) is 18.2 Å². The normalized spacial score (nSPS) is 14.4. The molecule has 1 aliphatic carbocycles. The number of nitrogens with zero attached hydrogens (tertiary/aromatic N) is 3. The molecule has 9 heteroatoms. The maximum Gasteiger partial charge on any atom is 0.323 e. The van der Waals surface area contributed by atoms with Gasteiger partial charge in [-0.2, -0.15) is 9.61 Å². The van der Waals surface area contributed by atoms with Gasteiger partial charge in [-0.15, -0.1) is 0 Å². The molecule has 30 heavy (non-hydrogen) atoms. The van der Waals surface area contributed by atoms with Crippen LogP contribution in [0.5, 0.6) is 0 Å². The van der Waals surface area contributed by atoms with Gasteiger partial charge in [0.1, 0.15) is 11.6 Å². The molecular weight excluding hydrogens is 402 g/mol. The molecule has 0 bridgehead atoms. The second-order valence-corrected chi connectivity index (χ2v) is 7.87. The quantitative estimate of drug-likeness (QED) is 0.382. The number of H-pyrrole nitrogens is 2. The molecule has 8 nitrogen and oxygen atoms in total. The summed E-state index contributed by atoms with van der Waals surface area (Å²) in [4.78, 5) is 21.7. The summed E-state index contributed by atoms with van der Waals surface area (Å²) in [6.45, 7) is 4.75. The van der Waals surface area contributed by atoms with Crippen LogP contribution in [0.15, 0.2) is 41.3 Å². The lowest BCUT2D eigenvalue weighted by molar-refractivity contribution is 0.857. The van der Waals surface area contributed by atoms with Crippen LogP contribution < -0.4 is 27.0 Å². The third kappa shape index (κ3) is 3.81. The van der Waals surface area contributed by atoms with Crippen molar-refractivity contribution >= 4 is 47.2 Å². The Hall–Kier alpha value is -3.52. The van der Waals surface area contributed by atoms with Gasteiger partial charge in [0.25, 0.3) is 0 Å². The second kappa shape index (κ2) is 7.38. The third-order valence-corrected chi connectivity index (χ3v) is 5.27. The fraction of sp³-hybridized carbons (Fsp3) is 0.190. The van der Waals surface area contributed by atoms with Crippen molar-refractivity contribution in [2.24, 2.45) is 5.92 Å². The smallest absolute Gasteiger partial charge is 0.323 e. The molecule has 3 heterocycles. The number of halogens is 1. The summed E-state index contributed by atoms with van der Waals surface area (Å²) in [6.07, 6.45) is 6.04. The van der Waals surface area contributed by atoms with Crippen molar-refractivity contribution < 1.29 is 0 Å². The Morgan fingerprint density at radius 1 is 1.27 bits per heavy atom. The van der Waals surface area contributed by atoms with Crippen molar-refractivity contribution in [3.63, 3.8) is 0 Å². The highest BCUT2D eigenvalue weighted by Crippen LogP contribution is 2.30. The van der Waals surface area contributed by atoms with Crippen LogP contribution in [-0.4, -0.2) is 31.1 Å². The summed E-state index contributed by atoms with van der Waals surface area (Å²) in [5.41, 5.74) is 2.01. The van der Waals surface area contributed by atoms with Crippen molar-refractivity contribution in [1.29, 1.82) is 0 Å². The van der Waals surface area contributed by atoms with Gasteiger partial charge in [0.2, 0.25) is 0 Å². The van der Waals surface area contributed by atoms with E-state index in [9.17, 15) is 4.79 Å². The Kier molecular flexibility index (Phi) is 4.55. The van der Waals surface area contributed by atoms with Crippen LogP contribution in [0.4, 0.5) is 17.3 Å². The average Bonchev–Trinajstić information content (AvgIpc) is 3.39. The molecule has 0 spiro atoms. The fourth-order valence-electron chi connectivity index (χ4n) is 3.24. The molecule has 152 valence electrons. The summed E-state index contributed by atoms with van der Waals surface area (Å²) < 4.78 is 1.77. The highest BCUT2D eigenvalue weighted by molar-refractivity contribution is 6.30. The Morgan fingerprint density at radius 3 is 2.77 bits per heavy atom. The first-order valence-electron chi connectivity index (χ1n) is 9.69. The van der Waals surface area contributed by atoms with Crippen molar-refractivity contribution in [3.8, 4) is 0 Å². The zero-order chi connectivity index (χ0) is 20.7. The molecule has 0 amide bonds. The van der Waals surface area contributed by atoms with E-state index in [0.29, 0.717) is 33.1 Å². The van der Waals surface area contributed by atoms with Crippen molar-refractivity contribution in [2.75, 3.05) is 17.2 Å². The predicted octanol–water partition coefficient (Wildman–Crippen LogP) is 2.20. The van der Waals surface area contributed by atoms with E-state index in [2.05, 4.69) is 32.3 Å². The van der Waals surface area contributed by atoms with Crippen LogP contribution in [0.3, 0.4) is 0 Å². The van der Waals surface area contributed by atoms with Crippen LogP contribution >= 0.6 is 11.6 Å². The molecular formula is C21H20ClN7O. The largest absolute Gasteiger partial charge is 0.370 e. The molecule has 0 radical (unpaired) electrons. The van der Waals surface area contributed by atoms with Gasteiger partial charge in [0.05, 0.1) is 16.9 Å². The molecule has 0 aliphatic heterocycles. The first-order chi connectivity index (χ1) is 14.5. The summed E-state index contributed by atoms with van der Waals surface area (Å²) >= 11 is 5.99. The minimum atomic E-state index is -0.299. The van der Waals surface area contributed by atoms with Gasteiger partial charge < -0.3 is 20.6 Å². The number of fused-ring (bicyclic) bond motifs is 1. The molecule has 1 aliphatic rings. The van der Waals surface area contributed by atoms with Crippen LogP contribution in [0.25, 0.3) is 18.3 Å². The number of aromatic nitrogens is 5. The lowest BCUT2D eigenvalue weighted by atomic mass is 10.3. The number of hydrogen-bond donors (Lipinski definition) is 4. The molecule has 1 saturated carbocycles. The number of aromatic amines is 2. The molecule has 4 N–H and O–H groups in total. The van der Waals surface area contributed by atoms with Gasteiger partial charge in [-0.25, -0.2) is 9.78 Å². The van der Waals surface area contributed by atoms with Crippen molar-refractivity contribution in [1.82, 2.24) is 24.6 Å². The predicted molar refractivity (Wildman–Crippen MR) is 119 cm³/mol. The maximum absolute atomic E-state index is 11.6. The lowest BCUT2D eigenvalue weighted by Crippen LogP contribution is -2.22. The maximum atomic E-state index is 11.6. The molecule has 0 atom stereocenters. The van der Waals surface area contributed by atoms with Gasteiger partial charge in [-0.3, -0.25) is 0 Å². The molecule has 5 rings (SSSR count). The van der Waals surface area contributed by atoms with Gasteiger partial charge in [0, 0.05) is 28.9 Å². The Morgan fingerprint density at radius 2 is 2.07 bits per heavy atom. The number of hydrogen-bond acceptors (Lipinski definition) is 5. The van der Waals surface area contributed by atoms with E-state index >= 15 is 0 Å². The van der Waals surface area contributed by atoms with E-state index < -0.39 is 0 Å². The van der Waals surface area contributed by atoms with E-state index in [1.165, 1.54) is 12.8 Å². The van der Waals surface area contributed by atoms with Crippen LogP contribution in [0, 0.1) is 5.92 Å². The summed E-state index contributed by atoms with van der Waals surface area (Å²) in [7, 11) is 0. The van der Waals surface area contributed by atoms with Crippen LogP contribution in [0.2, 0.25) is 5.02 Å². The molecule has 0 saturated heterocycles. The summed E-state index contributed by atoms with van der Waals surface area (Å²) in [6, 6.07) is 9.38. The SMILES string of the molecule is C=c1[nH]c(=O)[nH]/c1=C\c1cnn2c(NCC3CC3)cc(Nc3ccc(Cl)cc3)nc12. The molecule has 0 unspecified atom stereocenters. The average molecular weight is 422 g/mol. The monoisotopic (exact) mass is 421 g/mol. The zero-order valence-corrected chi connectivity index (χ0v) is 16.8. The minimum Gasteiger partial charge on any atom is -0.370 e. The standard InChI is InChI=1S/C21H20ClN7O/c1-12-17(27-21(30)25-12)8-14-11-24-29-19(23-10-13-2-3-13)9-18(28-20(14)29)26-16-6-4-15(22)5-7-16/h4-9,11,13,23H,1-3,10H2,(H,26,28)(H2,25,27,30)/b17-8-. The van der Waals surface area contributed by atoms with Gasteiger partial charge in [0.15, 0.2) is 5.65 Å². The van der Waals surface area contributed by atoms with E-state index in [4.69, 9.17) is 16.6 Å². The van der Waals surface area contributed by atoms with E-state index in [1.807, 2.05) is 36.4 Å². The number of nitrogens with one attached hydrogen (secondary N) is 4. The topological polar surface area (TPSA) is 103 Å². The molecule has 4 aromatic rings. The Labute approximate surface area is 176 Å². The second-order valence-electron chi connectivity index (χ2n) is 7.43. The Balaban J connectivity index is 1.59. The highest BCUT2D eigenvalue weighted by Gasteiger charge is 2.21. The van der Waals surface area contributed by atoms with Crippen molar-refractivity contribution in [3.05, 3.63) is 68.3 Å². The van der Waals surface area contributed by atoms with E-state index in [0.717, 1.165) is 23.6 Å². The minimum absolute atomic E-state index is 0.299. The summed E-state index contributed by atoms with van der Waals surface area (Å²) in [5.74, 6) is 2.23. The fourth-order valence-corrected chi connectivity index (χ4v) is 3.36. The highest BCUT2D eigenvalue weighted by atomic mass is 35.5. The first kappa shape index (κ1) is 18.5. The lowest BCUT2D eigenvalue weighted by Gasteiger charge is -2.12. The Bertz CT molecular complexity index is 1380. The van der Waals surface area contributed by atoms with Gasteiger partial charge in [-0.05, 0) is 49.1 Å².